The van der Waals surface area contributed by atoms with Gasteiger partial charge in [0.05, 0.1) is 38.5 Å². The Hall–Kier alpha value is -3.30. The highest BCUT2D eigenvalue weighted by molar-refractivity contribution is 6.33. The van der Waals surface area contributed by atoms with Crippen LogP contribution in [0.15, 0.2) is 36.4 Å². The lowest BCUT2D eigenvalue weighted by molar-refractivity contribution is -0.148. The van der Waals surface area contributed by atoms with Crippen molar-refractivity contribution in [1.29, 1.82) is 0 Å². The first kappa shape index (κ1) is 28.3. The summed E-state index contributed by atoms with van der Waals surface area (Å²) < 4.78 is 16.7. The monoisotopic (exact) mass is 532 g/mol. The number of amides is 2. The van der Waals surface area contributed by atoms with E-state index in [1.54, 1.807) is 13.0 Å². The molecule has 0 bridgehead atoms. The van der Waals surface area contributed by atoms with Crippen LogP contribution in [0.5, 0.6) is 11.5 Å². The molecule has 1 fully saturated rings. The number of halogens is 1. The van der Waals surface area contributed by atoms with Gasteiger partial charge in [0.2, 0.25) is 0 Å². The number of nitrogens with one attached hydrogen (secondary N) is 1. The van der Waals surface area contributed by atoms with Crippen molar-refractivity contribution in [1.82, 2.24) is 10.2 Å². The van der Waals surface area contributed by atoms with Gasteiger partial charge in [0.1, 0.15) is 16.9 Å². The SMILES string of the molecule is COc1cc(C(C)N(CCOCc2ccccc2)C(=O)NC2(C(=O)O)CCC2)c(Cl)c(OC)c1C(C)=O. The Morgan fingerprint density at radius 2 is 1.84 bits per heavy atom. The smallest absolute Gasteiger partial charge is 0.329 e. The van der Waals surface area contributed by atoms with Crippen molar-refractivity contribution in [2.75, 3.05) is 27.4 Å². The number of ether oxygens (including phenoxy) is 3. The molecule has 0 spiro atoms. The molecule has 2 aromatic rings. The number of carboxylic acid groups (broad SMARTS) is 1. The molecule has 9 nitrogen and oxygen atoms in total. The molecule has 10 heteroatoms. The lowest BCUT2D eigenvalue weighted by Gasteiger charge is -2.41. The van der Waals surface area contributed by atoms with Crippen molar-refractivity contribution < 1.29 is 33.7 Å². The molecule has 0 radical (unpaired) electrons. The number of nitrogens with zero attached hydrogens (tertiary/aromatic N) is 1. The molecule has 2 amide bonds. The normalized spacial score (nSPS) is 14.7. The molecule has 1 aliphatic carbocycles. The van der Waals surface area contributed by atoms with Gasteiger partial charge in [0.15, 0.2) is 11.5 Å². The summed E-state index contributed by atoms with van der Waals surface area (Å²) in [5, 5.41) is 12.6. The Bertz CT molecular complexity index is 1140. The summed E-state index contributed by atoms with van der Waals surface area (Å²) in [5.74, 6) is -0.936. The van der Waals surface area contributed by atoms with Gasteiger partial charge in [0, 0.05) is 12.1 Å². The fraction of sp³-hybridized carbons (Fsp3) is 0.444. The zero-order valence-corrected chi connectivity index (χ0v) is 22.3. The van der Waals surface area contributed by atoms with E-state index < -0.39 is 23.6 Å². The van der Waals surface area contributed by atoms with Gasteiger partial charge >= 0.3 is 12.0 Å². The van der Waals surface area contributed by atoms with Crippen molar-refractivity contribution in [2.24, 2.45) is 0 Å². The van der Waals surface area contributed by atoms with Crippen LogP contribution in [0.1, 0.15) is 60.6 Å². The van der Waals surface area contributed by atoms with E-state index in [2.05, 4.69) is 5.32 Å². The molecule has 37 heavy (non-hydrogen) atoms. The van der Waals surface area contributed by atoms with Crippen LogP contribution in [0.25, 0.3) is 0 Å². The fourth-order valence-electron chi connectivity index (χ4n) is 4.38. The molecule has 1 unspecified atom stereocenters. The van der Waals surface area contributed by atoms with Crippen LogP contribution in [0.2, 0.25) is 5.02 Å². The molecule has 1 aliphatic rings. The average Bonchev–Trinajstić information content (AvgIpc) is 2.85. The number of carbonyl (C=O) groups excluding carboxylic acids is 2. The average molecular weight is 533 g/mol. The van der Waals surface area contributed by atoms with Crippen molar-refractivity contribution in [3.63, 3.8) is 0 Å². The minimum absolute atomic E-state index is 0.150. The number of benzene rings is 2. The standard InChI is InChI=1S/C27H33ClN2O7/c1-17(20-15-21(35-3)22(18(2)31)24(36-4)23(20)28)30(13-14-37-16-19-9-6-5-7-10-19)26(34)29-27(25(32)33)11-8-12-27/h5-7,9-10,15,17H,8,11-14,16H2,1-4H3,(H,29,34)(H,32,33). The second-order valence-electron chi connectivity index (χ2n) is 9.02. The number of aliphatic carboxylic acids is 1. The van der Waals surface area contributed by atoms with Crippen LogP contribution >= 0.6 is 11.6 Å². The van der Waals surface area contributed by atoms with Gasteiger partial charge < -0.3 is 29.5 Å². The molecule has 0 aromatic heterocycles. The number of hydrogen-bond donors (Lipinski definition) is 2. The Morgan fingerprint density at radius 3 is 2.35 bits per heavy atom. The summed E-state index contributed by atoms with van der Waals surface area (Å²) in [6.45, 7) is 3.86. The summed E-state index contributed by atoms with van der Waals surface area (Å²) in [6.07, 6.45) is 1.43. The van der Waals surface area contributed by atoms with Crippen LogP contribution in [-0.4, -0.2) is 60.7 Å². The third-order valence-electron chi connectivity index (χ3n) is 6.72. The number of carboxylic acids is 1. The second-order valence-corrected chi connectivity index (χ2v) is 9.40. The minimum Gasteiger partial charge on any atom is -0.496 e. The number of Topliss-reactive ketones (excluding diaryl/α,β-unsaturated/α-hetero) is 1. The number of rotatable bonds is 12. The van der Waals surface area contributed by atoms with Crippen molar-refractivity contribution in [3.05, 3.63) is 58.1 Å². The third kappa shape index (κ3) is 6.17. The van der Waals surface area contributed by atoms with Gasteiger partial charge in [-0.3, -0.25) is 4.79 Å². The molecule has 2 aromatic carbocycles. The van der Waals surface area contributed by atoms with E-state index in [0.717, 1.165) is 12.0 Å². The summed E-state index contributed by atoms with van der Waals surface area (Å²) >= 11 is 6.68. The van der Waals surface area contributed by atoms with Crippen LogP contribution < -0.4 is 14.8 Å². The molecule has 0 saturated heterocycles. The van der Waals surface area contributed by atoms with Gasteiger partial charge in [-0.15, -0.1) is 0 Å². The lowest BCUT2D eigenvalue weighted by Crippen LogP contribution is -2.62. The first-order valence-corrected chi connectivity index (χ1v) is 12.4. The fourth-order valence-corrected chi connectivity index (χ4v) is 4.77. The van der Waals surface area contributed by atoms with E-state index >= 15 is 0 Å². The van der Waals surface area contributed by atoms with E-state index in [9.17, 15) is 19.5 Å². The zero-order chi connectivity index (χ0) is 27.2. The summed E-state index contributed by atoms with van der Waals surface area (Å²) in [4.78, 5) is 39.1. The van der Waals surface area contributed by atoms with Crippen molar-refractivity contribution in [2.45, 2.75) is 51.3 Å². The van der Waals surface area contributed by atoms with Gasteiger partial charge in [-0.2, -0.15) is 0 Å². The van der Waals surface area contributed by atoms with Gasteiger partial charge in [-0.1, -0.05) is 41.9 Å². The maximum absolute atomic E-state index is 13.5. The molecule has 3 rings (SSSR count). The predicted molar refractivity (Wildman–Crippen MR) is 139 cm³/mol. The largest absolute Gasteiger partial charge is 0.496 e. The number of ketones is 1. The minimum atomic E-state index is -1.29. The quantitative estimate of drug-likeness (QED) is 0.296. The Morgan fingerprint density at radius 1 is 1.16 bits per heavy atom. The van der Waals surface area contributed by atoms with Gasteiger partial charge in [0.25, 0.3) is 0 Å². The van der Waals surface area contributed by atoms with Gasteiger partial charge in [-0.25, -0.2) is 9.59 Å². The van der Waals surface area contributed by atoms with E-state index in [1.807, 2.05) is 30.3 Å². The molecule has 1 atom stereocenters. The predicted octanol–water partition coefficient (Wildman–Crippen LogP) is 4.86. The zero-order valence-electron chi connectivity index (χ0n) is 21.5. The highest BCUT2D eigenvalue weighted by Crippen LogP contribution is 2.42. The maximum Gasteiger partial charge on any atom is 0.329 e. The molecule has 0 heterocycles. The Labute approximate surface area is 221 Å². The van der Waals surface area contributed by atoms with E-state index in [4.69, 9.17) is 25.8 Å². The molecule has 200 valence electrons. The van der Waals surface area contributed by atoms with Crippen LogP contribution in [0.3, 0.4) is 0 Å². The lowest BCUT2D eigenvalue weighted by atomic mass is 9.77. The first-order valence-electron chi connectivity index (χ1n) is 12.0. The topological polar surface area (TPSA) is 114 Å². The summed E-state index contributed by atoms with van der Waals surface area (Å²) in [7, 11) is 2.83. The van der Waals surface area contributed by atoms with E-state index in [1.165, 1.54) is 26.0 Å². The Balaban J connectivity index is 1.90. The van der Waals surface area contributed by atoms with Crippen molar-refractivity contribution >= 4 is 29.4 Å². The van der Waals surface area contributed by atoms with E-state index in [0.29, 0.717) is 25.0 Å². The molecular formula is C27H33ClN2O7. The summed E-state index contributed by atoms with van der Waals surface area (Å²) in [5.41, 5.74) is 0.379. The second kappa shape index (κ2) is 12.3. The summed E-state index contributed by atoms with van der Waals surface area (Å²) in [6, 6.07) is 10.0. The van der Waals surface area contributed by atoms with Gasteiger partial charge in [-0.05, 0) is 44.7 Å². The van der Waals surface area contributed by atoms with Crippen LogP contribution in [-0.2, 0) is 16.1 Å². The Kier molecular flexibility index (Phi) is 9.39. The number of methoxy groups -OCH3 is 2. The highest BCUT2D eigenvalue weighted by atomic mass is 35.5. The van der Waals surface area contributed by atoms with Crippen LogP contribution in [0.4, 0.5) is 4.79 Å². The highest BCUT2D eigenvalue weighted by Gasteiger charge is 2.46. The first-order chi connectivity index (χ1) is 17.6. The van der Waals surface area contributed by atoms with Crippen LogP contribution in [0, 0.1) is 0 Å². The maximum atomic E-state index is 13.5. The molecule has 0 aliphatic heterocycles. The number of hydrogen-bond acceptors (Lipinski definition) is 6. The molecular weight excluding hydrogens is 500 g/mol. The van der Waals surface area contributed by atoms with E-state index in [-0.39, 0.29) is 41.0 Å². The number of carbonyl (C=O) groups is 3. The number of urea groups is 1. The van der Waals surface area contributed by atoms with Crippen molar-refractivity contribution in [3.8, 4) is 11.5 Å². The molecule has 2 N–H and O–H groups in total. The third-order valence-corrected chi connectivity index (χ3v) is 7.11. The molecule has 1 saturated carbocycles.